The van der Waals surface area contributed by atoms with Gasteiger partial charge < -0.3 is 10.5 Å². The van der Waals surface area contributed by atoms with E-state index in [0.29, 0.717) is 11.3 Å². The van der Waals surface area contributed by atoms with Crippen LogP contribution in [0.4, 0.5) is 0 Å². The molecule has 0 spiro atoms. The van der Waals surface area contributed by atoms with Crippen molar-refractivity contribution < 1.29 is 9.53 Å². The van der Waals surface area contributed by atoms with Crippen molar-refractivity contribution in [1.82, 2.24) is 0 Å². The highest BCUT2D eigenvalue weighted by molar-refractivity contribution is 5.96. The first-order chi connectivity index (χ1) is 6.49. The van der Waals surface area contributed by atoms with Crippen LogP contribution >= 0.6 is 0 Å². The van der Waals surface area contributed by atoms with Crippen molar-refractivity contribution >= 4 is 5.91 Å². The minimum absolute atomic E-state index is 0.451. The summed E-state index contributed by atoms with van der Waals surface area (Å²) in [5, 5.41) is 0. The standard InChI is InChI=1S/C11H15NO2/c1-6-5-9(11(12)13)10(14-4)8(3)7(6)2/h5H,1-4H3,(H2,12,13). The van der Waals surface area contributed by atoms with E-state index in [9.17, 15) is 4.79 Å². The van der Waals surface area contributed by atoms with Gasteiger partial charge in [-0.25, -0.2) is 0 Å². The van der Waals surface area contributed by atoms with E-state index in [1.54, 1.807) is 13.2 Å². The number of benzene rings is 1. The first-order valence-corrected chi connectivity index (χ1v) is 4.43. The summed E-state index contributed by atoms with van der Waals surface area (Å²) in [6.45, 7) is 5.87. The third-order valence-electron chi connectivity index (χ3n) is 2.57. The van der Waals surface area contributed by atoms with Crippen LogP contribution in [0, 0.1) is 20.8 Å². The molecule has 1 amide bonds. The summed E-state index contributed by atoms with van der Waals surface area (Å²) in [5.41, 5.74) is 8.87. The molecule has 0 atom stereocenters. The second-order valence-electron chi connectivity index (χ2n) is 3.39. The lowest BCUT2D eigenvalue weighted by Gasteiger charge is -2.13. The molecule has 0 aliphatic heterocycles. The molecule has 0 saturated carbocycles. The van der Waals surface area contributed by atoms with Crippen LogP contribution < -0.4 is 10.5 Å². The molecule has 1 rings (SSSR count). The van der Waals surface area contributed by atoms with Crippen molar-refractivity contribution in [3.8, 4) is 5.75 Å². The Morgan fingerprint density at radius 2 is 1.86 bits per heavy atom. The molecule has 14 heavy (non-hydrogen) atoms. The zero-order valence-electron chi connectivity index (χ0n) is 8.97. The van der Waals surface area contributed by atoms with Crippen molar-refractivity contribution in [3.63, 3.8) is 0 Å². The summed E-state index contributed by atoms with van der Waals surface area (Å²) in [7, 11) is 1.55. The molecule has 3 nitrogen and oxygen atoms in total. The Kier molecular flexibility index (Phi) is 2.79. The van der Waals surface area contributed by atoms with Gasteiger partial charge in [0, 0.05) is 0 Å². The highest BCUT2D eigenvalue weighted by atomic mass is 16.5. The number of carbonyl (C=O) groups excluding carboxylic acids is 1. The lowest BCUT2D eigenvalue weighted by molar-refractivity contribution is 0.0997. The first-order valence-electron chi connectivity index (χ1n) is 4.43. The fourth-order valence-electron chi connectivity index (χ4n) is 1.50. The summed E-state index contributed by atoms with van der Waals surface area (Å²) >= 11 is 0. The zero-order valence-corrected chi connectivity index (χ0v) is 8.97. The largest absolute Gasteiger partial charge is 0.496 e. The Bertz CT molecular complexity index is 383. The van der Waals surface area contributed by atoms with Crippen LogP contribution in [0.2, 0.25) is 0 Å². The maximum atomic E-state index is 11.1. The Hall–Kier alpha value is -1.51. The van der Waals surface area contributed by atoms with Gasteiger partial charge in [-0.05, 0) is 43.5 Å². The van der Waals surface area contributed by atoms with E-state index in [1.807, 2.05) is 20.8 Å². The quantitative estimate of drug-likeness (QED) is 0.777. The van der Waals surface area contributed by atoms with E-state index >= 15 is 0 Å². The van der Waals surface area contributed by atoms with Crippen LogP contribution in [0.25, 0.3) is 0 Å². The average molecular weight is 193 g/mol. The summed E-state index contributed by atoms with van der Waals surface area (Å²) in [6, 6.07) is 1.77. The van der Waals surface area contributed by atoms with Crippen LogP contribution in [0.1, 0.15) is 27.0 Å². The smallest absolute Gasteiger partial charge is 0.252 e. The molecular weight excluding hydrogens is 178 g/mol. The monoisotopic (exact) mass is 193 g/mol. The zero-order chi connectivity index (χ0) is 10.9. The molecule has 0 fully saturated rings. The SMILES string of the molecule is COc1c(C(N)=O)cc(C)c(C)c1C. The Morgan fingerprint density at radius 1 is 1.29 bits per heavy atom. The van der Waals surface area contributed by atoms with Gasteiger partial charge in [-0.1, -0.05) is 0 Å². The number of carbonyl (C=O) groups is 1. The van der Waals surface area contributed by atoms with E-state index in [0.717, 1.165) is 16.7 Å². The molecule has 0 radical (unpaired) electrons. The van der Waals surface area contributed by atoms with Gasteiger partial charge in [0.25, 0.3) is 5.91 Å². The summed E-state index contributed by atoms with van der Waals surface area (Å²) in [5.74, 6) is 0.133. The minimum Gasteiger partial charge on any atom is -0.496 e. The fourth-order valence-corrected chi connectivity index (χ4v) is 1.50. The van der Waals surface area contributed by atoms with Gasteiger partial charge >= 0.3 is 0 Å². The van der Waals surface area contributed by atoms with E-state index < -0.39 is 5.91 Å². The van der Waals surface area contributed by atoms with Crippen LogP contribution in [0.5, 0.6) is 5.75 Å². The number of aryl methyl sites for hydroxylation is 1. The van der Waals surface area contributed by atoms with Crippen LogP contribution in [-0.2, 0) is 0 Å². The summed E-state index contributed by atoms with van der Waals surface area (Å²) in [4.78, 5) is 11.1. The number of methoxy groups -OCH3 is 1. The van der Waals surface area contributed by atoms with Crippen molar-refractivity contribution in [2.24, 2.45) is 5.73 Å². The van der Waals surface area contributed by atoms with E-state index in [4.69, 9.17) is 10.5 Å². The fraction of sp³-hybridized carbons (Fsp3) is 0.364. The number of ether oxygens (including phenoxy) is 1. The highest BCUT2D eigenvalue weighted by Crippen LogP contribution is 2.28. The molecule has 0 aliphatic carbocycles. The number of amides is 1. The molecule has 0 unspecified atom stereocenters. The molecule has 1 aromatic carbocycles. The second-order valence-corrected chi connectivity index (χ2v) is 3.39. The Balaban J connectivity index is 3.51. The first kappa shape index (κ1) is 10.6. The van der Waals surface area contributed by atoms with Gasteiger partial charge in [0.1, 0.15) is 5.75 Å². The Labute approximate surface area is 83.9 Å². The molecule has 0 heterocycles. The van der Waals surface area contributed by atoms with Gasteiger partial charge in [-0.15, -0.1) is 0 Å². The topological polar surface area (TPSA) is 52.3 Å². The van der Waals surface area contributed by atoms with E-state index in [2.05, 4.69) is 0 Å². The number of rotatable bonds is 2. The molecule has 0 saturated heterocycles. The molecule has 2 N–H and O–H groups in total. The van der Waals surface area contributed by atoms with E-state index in [-0.39, 0.29) is 0 Å². The third-order valence-corrected chi connectivity index (χ3v) is 2.57. The van der Waals surface area contributed by atoms with Gasteiger partial charge in [-0.2, -0.15) is 0 Å². The Morgan fingerprint density at radius 3 is 2.29 bits per heavy atom. The number of primary amides is 1. The molecule has 0 aliphatic rings. The van der Waals surface area contributed by atoms with Crippen molar-refractivity contribution in [2.45, 2.75) is 20.8 Å². The molecule has 76 valence electrons. The van der Waals surface area contributed by atoms with Gasteiger partial charge in [-0.3, -0.25) is 4.79 Å². The predicted molar refractivity (Wildman–Crippen MR) is 55.7 cm³/mol. The van der Waals surface area contributed by atoms with E-state index in [1.165, 1.54) is 0 Å². The molecule has 0 bridgehead atoms. The van der Waals surface area contributed by atoms with Crippen LogP contribution in [0.3, 0.4) is 0 Å². The molecular formula is C11H15NO2. The minimum atomic E-state index is -0.451. The third kappa shape index (κ3) is 1.58. The van der Waals surface area contributed by atoms with Gasteiger partial charge in [0.2, 0.25) is 0 Å². The van der Waals surface area contributed by atoms with Crippen LogP contribution in [-0.4, -0.2) is 13.0 Å². The van der Waals surface area contributed by atoms with Gasteiger partial charge in [0.05, 0.1) is 12.7 Å². The number of hydrogen-bond donors (Lipinski definition) is 1. The normalized spacial score (nSPS) is 10.0. The maximum Gasteiger partial charge on any atom is 0.252 e. The number of nitrogens with two attached hydrogens (primary N) is 1. The maximum absolute atomic E-state index is 11.1. The van der Waals surface area contributed by atoms with Crippen LogP contribution in [0.15, 0.2) is 6.07 Å². The number of hydrogen-bond acceptors (Lipinski definition) is 2. The summed E-state index contributed by atoms with van der Waals surface area (Å²) < 4.78 is 5.17. The second kappa shape index (κ2) is 3.70. The molecule has 0 aromatic heterocycles. The molecule has 3 heteroatoms. The van der Waals surface area contributed by atoms with Gasteiger partial charge in [0.15, 0.2) is 0 Å². The molecule has 1 aromatic rings. The lowest BCUT2D eigenvalue weighted by atomic mass is 9.99. The highest BCUT2D eigenvalue weighted by Gasteiger charge is 2.14. The predicted octanol–water partition coefficient (Wildman–Crippen LogP) is 1.72. The van der Waals surface area contributed by atoms with Crippen molar-refractivity contribution in [1.29, 1.82) is 0 Å². The summed E-state index contributed by atoms with van der Waals surface area (Å²) in [6.07, 6.45) is 0. The van der Waals surface area contributed by atoms with Crippen molar-refractivity contribution in [2.75, 3.05) is 7.11 Å². The average Bonchev–Trinajstić information content (AvgIpc) is 2.13. The van der Waals surface area contributed by atoms with Crippen molar-refractivity contribution in [3.05, 3.63) is 28.3 Å². The lowest BCUT2D eigenvalue weighted by Crippen LogP contribution is -2.14.